The summed E-state index contributed by atoms with van der Waals surface area (Å²) in [6.45, 7) is 0. The summed E-state index contributed by atoms with van der Waals surface area (Å²) in [5.74, 6) is -0.693. The third-order valence-corrected chi connectivity index (χ3v) is 4.65. The van der Waals surface area contributed by atoms with Gasteiger partial charge in [-0.25, -0.2) is 0 Å². The zero-order valence-electron chi connectivity index (χ0n) is 14.8. The Balaban J connectivity index is 0.00000210. The first kappa shape index (κ1) is 25.0. The molecule has 0 aromatic heterocycles. The third kappa shape index (κ3) is 5.31. The fourth-order valence-electron chi connectivity index (χ4n) is 2.50. The molecule has 0 bridgehead atoms. The van der Waals surface area contributed by atoms with E-state index in [1.807, 2.05) is 0 Å². The molecule has 0 saturated carbocycles. The van der Waals surface area contributed by atoms with Gasteiger partial charge in [0.25, 0.3) is 15.8 Å². The molecule has 0 saturated heterocycles. The third-order valence-electron chi connectivity index (χ3n) is 3.74. The maximum atomic E-state index is 11.9. The number of hydrazone groups is 1. The summed E-state index contributed by atoms with van der Waals surface area (Å²) >= 11 is 0. The van der Waals surface area contributed by atoms with Crippen LogP contribution < -0.4 is 35.0 Å². The molecule has 10 nitrogen and oxygen atoms in total. The molecule has 29 heavy (non-hydrogen) atoms. The van der Waals surface area contributed by atoms with E-state index in [0.717, 1.165) is 18.2 Å². The van der Waals surface area contributed by atoms with Crippen molar-refractivity contribution in [1.29, 1.82) is 0 Å². The molecule has 144 valence electrons. The van der Waals surface area contributed by atoms with Crippen molar-refractivity contribution >= 4 is 43.8 Å². The number of ketones is 1. The molecule has 0 aliphatic heterocycles. The van der Waals surface area contributed by atoms with E-state index in [2.05, 4.69) is 10.5 Å². The van der Waals surface area contributed by atoms with Gasteiger partial charge >= 0.3 is 29.6 Å². The van der Waals surface area contributed by atoms with Gasteiger partial charge in [0.15, 0.2) is 0 Å². The quantitative estimate of drug-likeness (QED) is 0.210. The van der Waals surface area contributed by atoms with E-state index >= 15 is 0 Å². The van der Waals surface area contributed by atoms with Gasteiger partial charge in [0.05, 0.1) is 11.0 Å². The van der Waals surface area contributed by atoms with Crippen LogP contribution in [0.2, 0.25) is 0 Å². The predicted octanol–water partition coefficient (Wildman–Crippen LogP) is -0.161. The number of hydrogen-bond donors (Lipinski definition) is 2. The second kappa shape index (κ2) is 9.64. The smallest absolute Gasteiger partial charge is 0.697 e. The number of carbonyl (C=O) groups is 1. The number of nitrogens with one attached hydrogen (secondary N) is 2. The van der Waals surface area contributed by atoms with Gasteiger partial charge in [-0.2, -0.15) is 13.5 Å². The Hall–Kier alpha value is -2.04. The van der Waals surface area contributed by atoms with Crippen molar-refractivity contribution in [2.24, 2.45) is 5.10 Å². The minimum absolute atomic E-state index is 0. The maximum Gasteiger partial charge on any atom is 1.00 e. The van der Waals surface area contributed by atoms with E-state index < -0.39 is 20.8 Å². The van der Waals surface area contributed by atoms with Gasteiger partial charge in [-0.1, -0.05) is 24.3 Å². The molecule has 0 fully saturated rings. The molecule has 3 rings (SSSR count). The Bertz CT molecular complexity index is 1190. The summed E-state index contributed by atoms with van der Waals surface area (Å²) in [6, 6.07) is 6.81. The van der Waals surface area contributed by atoms with Crippen molar-refractivity contribution in [3.63, 3.8) is 0 Å². The molecule has 0 unspecified atom stereocenters. The topological polar surface area (TPSA) is 163 Å². The molecular weight excluding hydrogens is 451 g/mol. The largest absolute Gasteiger partial charge is 1.00 e. The van der Waals surface area contributed by atoms with E-state index in [4.69, 9.17) is 5.73 Å². The van der Waals surface area contributed by atoms with E-state index in [1.54, 1.807) is 0 Å². The molecule has 0 spiro atoms. The average molecular weight is 462 g/mol. The van der Waals surface area contributed by atoms with E-state index in [-0.39, 0.29) is 85.4 Å². The number of benzene rings is 2. The average Bonchev–Trinajstić information content (AvgIpc) is 2.60. The molecular formula is C16H11CrN4NaO6S. The van der Waals surface area contributed by atoms with Crippen LogP contribution in [0.15, 0.2) is 64.3 Å². The second-order valence-corrected chi connectivity index (χ2v) is 6.84. The van der Waals surface area contributed by atoms with Crippen molar-refractivity contribution in [3.05, 3.63) is 70.1 Å². The molecule has 0 amide bonds. The summed E-state index contributed by atoms with van der Waals surface area (Å²) in [7, 11) is -4.48. The number of rotatable bonds is 4. The Morgan fingerprint density at radius 3 is 2.41 bits per heavy atom. The number of nitro groups is 1. The van der Waals surface area contributed by atoms with Crippen molar-refractivity contribution in [3.8, 4) is 0 Å². The van der Waals surface area contributed by atoms with Crippen LogP contribution in [0.25, 0.3) is 16.5 Å². The van der Waals surface area contributed by atoms with E-state index in [9.17, 15) is 27.9 Å². The molecule has 0 radical (unpaired) electrons. The van der Waals surface area contributed by atoms with Gasteiger partial charge in [0.2, 0.25) is 5.78 Å². The first-order valence-corrected chi connectivity index (χ1v) is 8.79. The van der Waals surface area contributed by atoms with Crippen LogP contribution in [0.4, 0.5) is 11.4 Å². The molecule has 2 aromatic carbocycles. The first-order valence-electron chi connectivity index (χ1n) is 7.35. The standard InChI is InChI=1S/C16H12N4O6S.Cr.Na/c17-12-6-5-10-11(2-1-3-15(10)27(24,25)26)16(12)19-18-13-7-4-9(20(22)23)8-14(13)21;;/h1-8H,(H4,17,18,19,21,24,25,26);;/q;;+1/p-1. The number of allylic oxidation sites excluding steroid dienone is 3. The molecule has 13 heteroatoms. The zero-order chi connectivity index (χ0) is 19.8. The number of carbonyl (C=O) groups excluding carboxylic acids is 1. The summed E-state index contributed by atoms with van der Waals surface area (Å²) in [6.07, 6.45) is 3.09. The Morgan fingerprint density at radius 1 is 1.14 bits per heavy atom. The zero-order valence-corrected chi connectivity index (χ0v) is 18.9. The number of nitrogens with zero attached hydrogens (tertiary/aromatic N) is 2. The molecule has 1 aliphatic rings. The van der Waals surface area contributed by atoms with E-state index in [0.29, 0.717) is 0 Å². The summed E-state index contributed by atoms with van der Waals surface area (Å²) in [5, 5.41) is 15.0. The van der Waals surface area contributed by atoms with Crippen LogP contribution >= 0.6 is 0 Å². The Kier molecular flexibility index (Phi) is 8.31. The number of fused-ring (bicyclic) bond motifs is 1. The fourth-order valence-corrected chi connectivity index (χ4v) is 3.21. The van der Waals surface area contributed by atoms with Crippen molar-refractivity contribution < 1.29 is 69.6 Å². The van der Waals surface area contributed by atoms with Gasteiger partial charge in [-0.05, 0) is 12.1 Å². The minimum atomic E-state index is -4.48. The van der Waals surface area contributed by atoms with Crippen molar-refractivity contribution in [2.75, 3.05) is 5.43 Å². The van der Waals surface area contributed by atoms with Gasteiger partial charge in [0, 0.05) is 39.9 Å². The van der Waals surface area contributed by atoms with Gasteiger partial charge in [-0.15, -0.1) is 5.69 Å². The molecule has 3 N–H and O–H groups in total. The second-order valence-electron chi connectivity index (χ2n) is 5.45. The molecule has 0 heterocycles. The first-order chi connectivity index (χ1) is 12.7. The molecule has 1 aliphatic carbocycles. The normalized spacial score (nSPS) is 14.7. The predicted molar refractivity (Wildman–Crippen MR) is 98.0 cm³/mol. The van der Waals surface area contributed by atoms with Crippen LogP contribution in [0.3, 0.4) is 0 Å². The van der Waals surface area contributed by atoms with Gasteiger partial charge in [-0.3, -0.25) is 24.9 Å². The Labute approximate surface area is 197 Å². The summed E-state index contributed by atoms with van der Waals surface area (Å²) in [4.78, 5) is 21.5. The van der Waals surface area contributed by atoms with Crippen molar-refractivity contribution in [2.45, 2.75) is 4.90 Å². The monoisotopic (exact) mass is 462 g/mol. The number of anilines is 1. The summed E-state index contributed by atoms with van der Waals surface area (Å²) < 4.78 is 32.4. The summed E-state index contributed by atoms with van der Waals surface area (Å²) in [5.41, 5.74) is 10.1. The van der Waals surface area contributed by atoms with Crippen LogP contribution in [-0.2, 0) is 32.3 Å². The Morgan fingerprint density at radius 2 is 1.83 bits per heavy atom. The molecule has 2 aromatic rings. The van der Waals surface area contributed by atoms with Gasteiger partial charge < -0.3 is 5.73 Å². The van der Waals surface area contributed by atoms with Crippen molar-refractivity contribution in [1.82, 2.24) is 0 Å². The maximum absolute atomic E-state index is 11.9. The van der Waals surface area contributed by atoms with Crippen LogP contribution in [0, 0.1) is 10.1 Å². The SMILES string of the molecule is [Cr].[NH-]c1ccc2c(S(=O)(=O)O)cccc2c1N/N=C1/C=CC([N+](=O)[O-])=CC1=O.[Na+]. The number of hydrogen-bond acceptors (Lipinski definition) is 7. The minimum Gasteiger partial charge on any atom is -0.697 e. The van der Waals surface area contributed by atoms with Crippen LogP contribution in [0.1, 0.15) is 0 Å². The van der Waals surface area contributed by atoms with Crippen LogP contribution in [-0.4, -0.2) is 29.4 Å². The van der Waals surface area contributed by atoms with E-state index in [1.165, 1.54) is 30.3 Å². The van der Waals surface area contributed by atoms with Gasteiger partial charge in [0.1, 0.15) is 10.6 Å². The molecule has 0 atom stereocenters. The fraction of sp³-hybridized carbons (Fsp3) is 0. The van der Waals surface area contributed by atoms with Crippen LogP contribution in [0.5, 0.6) is 0 Å².